The number of nitrogens with one attached hydrogen (secondary N) is 1. The summed E-state index contributed by atoms with van der Waals surface area (Å²) < 4.78 is 4.84. The second-order valence-electron chi connectivity index (χ2n) is 5.33. The van der Waals surface area contributed by atoms with Gasteiger partial charge in [-0.15, -0.1) is 0 Å². The molecule has 0 aromatic heterocycles. The molecule has 114 valence electrons. The third kappa shape index (κ3) is 4.11. The summed E-state index contributed by atoms with van der Waals surface area (Å²) in [6.07, 6.45) is 1.83. The zero-order chi connectivity index (χ0) is 15.5. The number of hydrogen-bond acceptors (Lipinski definition) is 6. The van der Waals surface area contributed by atoms with Gasteiger partial charge in [0.25, 0.3) is 11.1 Å². The summed E-state index contributed by atoms with van der Waals surface area (Å²) in [6, 6.07) is 2.10. The Hall–Kier alpha value is -1.75. The van der Waals surface area contributed by atoms with Gasteiger partial charge in [0, 0.05) is 12.3 Å². The molecule has 0 aromatic carbocycles. The zero-order valence-corrected chi connectivity index (χ0v) is 12.6. The number of thioether (sulfide) groups is 1. The van der Waals surface area contributed by atoms with Crippen LogP contribution in [0.1, 0.15) is 19.8 Å². The summed E-state index contributed by atoms with van der Waals surface area (Å²) in [4.78, 5) is 36.0. The maximum Gasteiger partial charge on any atom is 0.326 e. The number of nitriles is 1. The summed E-state index contributed by atoms with van der Waals surface area (Å²) >= 11 is 1.16. The average Bonchev–Trinajstić information content (AvgIpc) is 3.23. The van der Waals surface area contributed by atoms with E-state index in [0.29, 0.717) is 12.3 Å². The molecule has 1 atom stereocenters. The minimum atomic E-state index is -0.898. The predicted octanol–water partition coefficient (Wildman–Crippen LogP) is 0.507. The first-order chi connectivity index (χ1) is 9.94. The number of ether oxygens (including phenoxy) is 1. The summed E-state index contributed by atoms with van der Waals surface area (Å²) in [5, 5.41) is 11.6. The number of carbonyl (C=O) groups excluding carboxylic acids is 3. The quantitative estimate of drug-likeness (QED) is 0.717. The topological polar surface area (TPSA) is 99.5 Å². The van der Waals surface area contributed by atoms with Crippen molar-refractivity contribution in [1.29, 1.82) is 5.26 Å². The van der Waals surface area contributed by atoms with Crippen molar-refractivity contribution in [2.45, 2.75) is 25.3 Å². The fourth-order valence-electron chi connectivity index (χ4n) is 2.12. The van der Waals surface area contributed by atoms with E-state index in [1.54, 1.807) is 6.92 Å². The molecular formula is C13H17N3O4S. The number of rotatable bonds is 6. The number of carbonyl (C=O) groups is 3. The van der Waals surface area contributed by atoms with E-state index in [0.717, 1.165) is 24.6 Å². The van der Waals surface area contributed by atoms with Crippen LogP contribution in [0.25, 0.3) is 0 Å². The molecule has 21 heavy (non-hydrogen) atoms. The Balaban J connectivity index is 1.72. The van der Waals surface area contributed by atoms with Gasteiger partial charge in [0.2, 0.25) is 0 Å². The summed E-state index contributed by atoms with van der Waals surface area (Å²) in [6.45, 7) is 1.61. The third-order valence-electron chi connectivity index (χ3n) is 3.55. The van der Waals surface area contributed by atoms with Crippen molar-refractivity contribution < 1.29 is 19.1 Å². The molecule has 8 heteroatoms. The van der Waals surface area contributed by atoms with Gasteiger partial charge >= 0.3 is 5.97 Å². The van der Waals surface area contributed by atoms with Gasteiger partial charge in [-0.2, -0.15) is 5.26 Å². The Labute approximate surface area is 127 Å². The molecule has 1 saturated carbocycles. The van der Waals surface area contributed by atoms with Crippen LogP contribution in [0, 0.1) is 17.2 Å². The lowest BCUT2D eigenvalue weighted by atomic mass is 9.98. The Morgan fingerprint density at radius 2 is 2.29 bits per heavy atom. The van der Waals surface area contributed by atoms with E-state index in [-0.39, 0.29) is 17.7 Å². The van der Waals surface area contributed by atoms with Gasteiger partial charge in [-0.25, -0.2) is 0 Å². The van der Waals surface area contributed by atoms with Crippen molar-refractivity contribution in [3.63, 3.8) is 0 Å². The molecule has 2 aliphatic rings. The Morgan fingerprint density at radius 3 is 2.81 bits per heavy atom. The first-order valence-electron chi connectivity index (χ1n) is 6.74. The zero-order valence-electron chi connectivity index (χ0n) is 11.8. The van der Waals surface area contributed by atoms with Crippen LogP contribution in [0.3, 0.4) is 0 Å². The van der Waals surface area contributed by atoms with Crippen LogP contribution in [0.2, 0.25) is 0 Å². The van der Waals surface area contributed by atoms with Crippen molar-refractivity contribution in [1.82, 2.24) is 10.2 Å². The third-order valence-corrected chi connectivity index (χ3v) is 4.45. The monoisotopic (exact) mass is 311 g/mol. The Bertz CT molecular complexity index is 500. The maximum absolute atomic E-state index is 11.7. The van der Waals surface area contributed by atoms with Gasteiger partial charge in [0.1, 0.15) is 12.1 Å². The minimum Gasteiger partial charge on any atom is -0.454 e. The molecule has 0 unspecified atom stereocenters. The molecule has 0 aromatic rings. The average molecular weight is 311 g/mol. The highest BCUT2D eigenvalue weighted by atomic mass is 32.2. The van der Waals surface area contributed by atoms with Gasteiger partial charge in [0.05, 0.1) is 6.07 Å². The lowest BCUT2D eigenvalue weighted by Crippen LogP contribution is -2.48. The van der Waals surface area contributed by atoms with E-state index in [2.05, 4.69) is 11.4 Å². The minimum absolute atomic E-state index is 0.142. The van der Waals surface area contributed by atoms with E-state index in [4.69, 9.17) is 10.00 Å². The first-order valence-corrected chi connectivity index (χ1v) is 7.73. The molecule has 2 amide bonds. The van der Waals surface area contributed by atoms with Crippen molar-refractivity contribution in [3.8, 4) is 6.07 Å². The predicted molar refractivity (Wildman–Crippen MR) is 75.3 cm³/mol. The van der Waals surface area contributed by atoms with Crippen molar-refractivity contribution in [3.05, 3.63) is 0 Å². The molecule has 0 bridgehead atoms. The van der Waals surface area contributed by atoms with E-state index in [9.17, 15) is 14.4 Å². The fourth-order valence-corrected chi connectivity index (χ4v) is 2.95. The lowest BCUT2D eigenvalue weighted by molar-refractivity contribution is -0.149. The van der Waals surface area contributed by atoms with Crippen LogP contribution in [0.5, 0.6) is 0 Å². The van der Waals surface area contributed by atoms with Crippen LogP contribution < -0.4 is 5.32 Å². The SMILES string of the molecule is C[C@](C#N)(NC(=O)COC(=O)CN1CCSC1=O)C1CC1. The highest BCUT2D eigenvalue weighted by molar-refractivity contribution is 8.13. The standard InChI is InChI=1S/C13H17N3O4S/c1-13(8-14,9-2-3-9)15-10(17)7-20-11(18)6-16-4-5-21-12(16)19/h9H,2-7H2,1H3,(H,15,17)/t13-/m1/s1. The van der Waals surface area contributed by atoms with E-state index in [1.165, 1.54) is 4.90 Å². The molecule has 1 saturated heterocycles. The molecule has 0 radical (unpaired) electrons. The molecule has 2 fully saturated rings. The molecule has 2 rings (SSSR count). The lowest BCUT2D eigenvalue weighted by Gasteiger charge is -2.22. The second-order valence-corrected chi connectivity index (χ2v) is 6.38. The molecule has 7 nitrogen and oxygen atoms in total. The molecule has 1 heterocycles. The maximum atomic E-state index is 11.7. The summed E-state index contributed by atoms with van der Waals surface area (Å²) in [5.74, 6) is -0.289. The van der Waals surface area contributed by atoms with Gasteiger partial charge in [-0.3, -0.25) is 14.4 Å². The normalized spacial score (nSPS) is 20.6. The molecular weight excluding hydrogens is 294 g/mol. The van der Waals surface area contributed by atoms with Gasteiger partial charge in [-0.05, 0) is 25.7 Å². The Morgan fingerprint density at radius 1 is 1.57 bits per heavy atom. The smallest absolute Gasteiger partial charge is 0.326 e. The molecule has 1 aliphatic carbocycles. The van der Waals surface area contributed by atoms with Crippen LogP contribution in [-0.2, 0) is 14.3 Å². The van der Waals surface area contributed by atoms with Crippen molar-refractivity contribution >= 4 is 28.9 Å². The number of amides is 2. The number of hydrogen-bond donors (Lipinski definition) is 1. The van der Waals surface area contributed by atoms with Gasteiger partial charge < -0.3 is 15.0 Å². The molecule has 1 N–H and O–H groups in total. The van der Waals surface area contributed by atoms with Crippen LogP contribution in [0.15, 0.2) is 0 Å². The highest BCUT2D eigenvalue weighted by Crippen LogP contribution is 2.39. The van der Waals surface area contributed by atoms with Crippen LogP contribution in [-0.4, -0.2) is 53.0 Å². The molecule has 1 aliphatic heterocycles. The fraction of sp³-hybridized carbons (Fsp3) is 0.692. The molecule has 0 spiro atoms. The van der Waals surface area contributed by atoms with Crippen LogP contribution in [0.4, 0.5) is 4.79 Å². The van der Waals surface area contributed by atoms with Gasteiger partial charge in [-0.1, -0.05) is 11.8 Å². The van der Waals surface area contributed by atoms with Crippen LogP contribution >= 0.6 is 11.8 Å². The Kier molecular flexibility index (Phi) is 4.73. The van der Waals surface area contributed by atoms with E-state index < -0.39 is 24.0 Å². The van der Waals surface area contributed by atoms with Crippen molar-refractivity contribution in [2.24, 2.45) is 5.92 Å². The van der Waals surface area contributed by atoms with Gasteiger partial charge in [0.15, 0.2) is 6.61 Å². The highest BCUT2D eigenvalue weighted by Gasteiger charge is 2.43. The number of nitrogens with zero attached hydrogens (tertiary/aromatic N) is 2. The largest absolute Gasteiger partial charge is 0.454 e. The number of esters is 1. The van der Waals surface area contributed by atoms with E-state index >= 15 is 0 Å². The van der Waals surface area contributed by atoms with Crippen molar-refractivity contribution in [2.75, 3.05) is 25.4 Å². The second kappa shape index (κ2) is 6.35. The van der Waals surface area contributed by atoms with E-state index in [1.807, 2.05) is 0 Å². The summed E-state index contributed by atoms with van der Waals surface area (Å²) in [5.41, 5.74) is -0.898. The summed E-state index contributed by atoms with van der Waals surface area (Å²) in [7, 11) is 0. The first kappa shape index (κ1) is 15.6.